The second-order valence-electron chi connectivity index (χ2n) is 12.9. The van der Waals surface area contributed by atoms with Crippen molar-refractivity contribution in [3.63, 3.8) is 0 Å². The number of anilines is 1. The van der Waals surface area contributed by atoms with E-state index in [4.69, 9.17) is 21.1 Å². The molecule has 6 rings (SSSR count). The lowest BCUT2D eigenvalue weighted by Crippen LogP contribution is -2.43. The van der Waals surface area contributed by atoms with Gasteiger partial charge >= 0.3 is 0 Å². The molecule has 0 saturated heterocycles. The maximum Gasteiger partial charge on any atom is 0.254 e. The molecule has 6 atom stereocenters. The van der Waals surface area contributed by atoms with Crippen molar-refractivity contribution in [2.24, 2.45) is 27.5 Å². The quantitative estimate of drug-likeness (QED) is 0.282. The lowest BCUT2D eigenvalue weighted by Gasteiger charge is -2.36. The average molecular weight is 596 g/mol. The van der Waals surface area contributed by atoms with Crippen LogP contribution in [0.1, 0.15) is 61.5 Å². The molecule has 41 heavy (non-hydrogen) atoms. The number of amides is 1. The molecule has 2 fully saturated rings. The van der Waals surface area contributed by atoms with Crippen molar-refractivity contribution in [1.82, 2.24) is 0 Å². The first-order chi connectivity index (χ1) is 19.7. The summed E-state index contributed by atoms with van der Waals surface area (Å²) in [5.74, 6) is 1.94. The molecule has 2 aliphatic carbocycles. The number of aryl methyl sites for hydroxylation is 1. The molecule has 0 N–H and O–H groups in total. The molecule has 2 saturated carbocycles. The van der Waals surface area contributed by atoms with Crippen LogP contribution < -0.4 is 9.64 Å². The minimum atomic E-state index is -1.59. The minimum absolute atomic E-state index is 0.0680. The highest BCUT2D eigenvalue weighted by atomic mass is 35.5. The first-order valence-electron chi connectivity index (χ1n) is 14.8. The molecule has 1 unspecified atom stereocenters. The number of hydrogen-bond donors (Lipinski definition) is 0. The van der Waals surface area contributed by atoms with E-state index < -0.39 is 16.5 Å². The van der Waals surface area contributed by atoms with Crippen LogP contribution in [0.15, 0.2) is 52.9 Å². The molecule has 0 aromatic heterocycles. The van der Waals surface area contributed by atoms with Crippen molar-refractivity contribution < 1.29 is 18.5 Å². The van der Waals surface area contributed by atoms with Crippen LogP contribution in [0.4, 0.5) is 5.69 Å². The maximum atomic E-state index is 13.2. The third-order valence-electron chi connectivity index (χ3n) is 9.62. The number of rotatable bonds is 4. The summed E-state index contributed by atoms with van der Waals surface area (Å²) >= 11 is 6.44. The molecule has 1 amide bonds. The highest BCUT2D eigenvalue weighted by Crippen LogP contribution is 2.81. The summed E-state index contributed by atoms with van der Waals surface area (Å²) in [5.41, 5.74) is 3.77. The highest BCUT2D eigenvalue weighted by Gasteiger charge is 2.80. The molecule has 2 aromatic rings. The molecule has 6 nitrogen and oxygen atoms in total. The Labute approximate surface area is 250 Å². The van der Waals surface area contributed by atoms with E-state index in [1.165, 1.54) is 17.5 Å². The fourth-order valence-electron chi connectivity index (χ4n) is 7.29. The molecule has 4 aliphatic rings. The van der Waals surface area contributed by atoms with Gasteiger partial charge in [-0.1, -0.05) is 68.7 Å². The minimum Gasteiger partial charge on any atom is -0.490 e. The van der Waals surface area contributed by atoms with Crippen LogP contribution >= 0.6 is 11.6 Å². The number of carbonyl (C=O) groups excluding carboxylic acids is 1. The Morgan fingerprint density at radius 1 is 1.22 bits per heavy atom. The topological polar surface area (TPSA) is 68.2 Å². The second-order valence-corrected chi connectivity index (χ2v) is 14.5. The van der Waals surface area contributed by atoms with E-state index in [0.717, 1.165) is 48.8 Å². The monoisotopic (exact) mass is 595 g/mol. The lowest BCUT2D eigenvalue weighted by atomic mass is 9.79. The maximum absolute atomic E-state index is 13.2. The van der Waals surface area contributed by atoms with Crippen LogP contribution in [0.25, 0.3) is 0 Å². The molecule has 2 bridgehead atoms. The van der Waals surface area contributed by atoms with Gasteiger partial charge in [0.05, 0.1) is 18.4 Å². The van der Waals surface area contributed by atoms with Crippen molar-refractivity contribution in [1.29, 1.82) is 0 Å². The lowest BCUT2D eigenvalue weighted by molar-refractivity contribution is 0.0965. The van der Waals surface area contributed by atoms with Gasteiger partial charge < -0.3 is 22.9 Å². The Morgan fingerprint density at radius 2 is 2.05 bits per heavy atom. The Morgan fingerprint density at radius 3 is 2.80 bits per heavy atom. The molecule has 8 heteroatoms. The van der Waals surface area contributed by atoms with Crippen molar-refractivity contribution in [2.75, 3.05) is 37.5 Å². The summed E-state index contributed by atoms with van der Waals surface area (Å²) in [6.45, 7) is 8.64. The highest BCUT2D eigenvalue weighted by molar-refractivity contribution is 7.75. The van der Waals surface area contributed by atoms with Crippen LogP contribution in [0.2, 0.25) is 5.02 Å². The Kier molecular flexibility index (Phi) is 7.75. The summed E-state index contributed by atoms with van der Waals surface area (Å²) in [5, 5.41) is 0.751. The fourth-order valence-corrected chi connectivity index (χ4v) is 8.47. The predicted octanol–water partition coefficient (Wildman–Crippen LogP) is 6.98. The van der Waals surface area contributed by atoms with Crippen molar-refractivity contribution in [3.05, 3.63) is 70.3 Å². The SMILES string of the molecule is CCCc1cc(Cl)ccc1[C@]1(C)COc2ccc3cc2N(C1)C[C@@]12CC1[C@H]2[C@@H](OC)/C=C/C[C@H](C)C[S-](=O)=NC3=O. The number of hydrogen-bond acceptors (Lipinski definition) is 6. The molecular weight excluding hydrogens is 556 g/mol. The van der Waals surface area contributed by atoms with Gasteiger partial charge in [0, 0.05) is 36.2 Å². The van der Waals surface area contributed by atoms with Gasteiger partial charge in [-0.25, -0.2) is 0 Å². The van der Waals surface area contributed by atoms with E-state index in [2.05, 4.69) is 47.4 Å². The van der Waals surface area contributed by atoms with E-state index in [-0.39, 0.29) is 22.9 Å². The van der Waals surface area contributed by atoms with E-state index in [1.54, 1.807) is 13.2 Å². The zero-order chi connectivity index (χ0) is 28.9. The van der Waals surface area contributed by atoms with Gasteiger partial charge in [-0.05, 0) is 78.0 Å². The number of carbonyl (C=O) groups is 1. The van der Waals surface area contributed by atoms with Gasteiger partial charge in [-0.15, -0.1) is 0 Å². The first kappa shape index (κ1) is 28.8. The van der Waals surface area contributed by atoms with Crippen molar-refractivity contribution in [3.8, 4) is 5.75 Å². The third-order valence-corrected chi connectivity index (χ3v) is 11.1. The van der Waals surface area contributed by atoms with Crippen molar-refractivity contribution in [2.45, 2.75) is 58.0 Å². The largest absolute Gasteiger partial charge is 0.490 e. The van der Waals surface area contributed by atoms with Crippen LogP contribution in [-0.2, 0) is 31.4 Å². The summed E-state index contributed by atoms with van der Waals surface area (Å²) in [6.07, 6.45) is 8.37. The zero-order valence-electron chi connectivity index (χ0n) is 24.4. The van der Waals surface area contributed by atoms with Gasteiger partial charge in [0.2, 0.25) is 0 Å². The van der Waals surface area contributed by atoms with Crippen molar-refractivity contribution >= 4 is 33.8 Å². The first-order valence-corrected chi connectivity index (χ1v) is 16.5. The number of halogens is 1. The molecule has 1 spiro atoms. The van der Waals surface area contributed by atoms with E-state index in [0.29, 0.717) is 29.8 Å². The van der Waals surface area contributed by atoms with Crippen LogP contribution in [0.3, 0.4) is 0 Å². The predicted molar refractivity (Wildman–Crippen MR) is 164 cm³/mol. The van der Waals surface area contributed by atoms with Gasteiger partial charge in [0.1, 0.15) is 5.75 Å². The summed E-state index contributed by atoms with van der Waals surface area (Å²) < 4.78 is 29.3. The summed E-state index contributed by atoms with van der Waals surface area (Å²) in [6, 6.07) is 11.8. The van der Waals surface area contributed by atoms with Gasteiger partial charge in [0.25, 0.3) is 5.91 Å². The van der Waals surface area contributed by atoms with E-state index >= 15 is 0 Å². The Bertz CT molecular complexity index is 1470. The number of allylic oxidation sites excluding steroid dienone is 1. The van der Waals surface area contributed by atoms with Gasteiger partial charge in [-0.2, -0.15) is 10.6 Å². The second kappa shape index (κ2) is 11.1. The fraction of sp³-hybridized carbons (Fsp3) is 0.545. The molecule has 2 aromatic carbocycles. The number of methoxy groups -OCH3 is 1. The summed E-state index contributed by atoms with van der Waals surface area (Å²) in [4.78, 5) is 15.6. The normalized spacial score (nSPS) is 34.0. The Hall–Kier alpha value is -2.35. The molecule has 0 radical (unpaired) electrons. The number of nitrogens with zero attached hydrogens (tertiary/aromatic N) is 2. The van der Waals surface area contributed by atoms with Gasteiger partial charge in [-0.3, -0.25) is 4.79 Å². The standard InChI is InChI=1S/C33H40ClN2O4S/c1-5-7-22-14-24(34)11-12-25(22)32(3)18-36-19-33-16-26(33)30(33)29(39-4)9-6-8-21(2)17-41(38)35-31(37)23-10-13-28(40-20-32)27(36)15-23/h6,9-15,21,26,29-30H,5,7-8,16-20H2,1-4H3/q-1/b9-6+/t21-,26?,29-,30-,32-,33-/m0/s1. The summed E-state index contributed by atoms with van der Waals surface area (Å²) in [7, 11) is 0.215. The third kappa shape index (κ3) is 5.46. The van der Waals surface area contributed by atoms with Crippen LogP contribution in [-0.4, -0.2) is 44.6 Å². The molecular formula is C33H40ClN2O4S-. The Balaban J connectivity index is 1.43. The number of benzene rings is 2. The molecule has 2 aliphatic heterocycles. The van der Waals surface area contributed by atoms with Crippen LogP contribution in [0, 0.1) is 23.2 Å². The molecule has 2 heterocycles. The number of ether oxygens (including phenoxy) is 2. The average Bonchev–Trinajstić information content (AvgIpc) is 3.81. The van der Waals surface area contributed by atoms with E-state index in [9.17, 15) is 9.00 Å². The molecule has 220 valence electrons. The van der Waals surface area contributed by atoms with Crippen LogP contribution in [0.5, 0.6) is 5.75 Å². The number of fused-ring (bicyclic) bond motifs is 2. The zero-order valence-corrected chi connectivity index (χ0v) is 26.0. The smallest absolute Gasteiger partial charge is 0.254 e. The van der Waals surface area contributed by atoms with Gasteiger partial charge in [0.15, 0.2) is 0 Å². The van der Waals surface area contributed by atoms with E-state index in [1.807, 2.05) is 25.1 Å².